The van der Waals surface area contributed by atoms with Gasteiger partial charge in [0.2, 0.25) is 0 Å². The quantitative estimate of drug-likeness (QED) is 0.600. The Morgan fingerprint density at radius 2 is 1.81 bits per heavy atom. The fourth-order valence-corrected chi connectivity index (χ4v) is 2.81. The average molecular weight is 365 g/mol. The Balaban J connectivity index is 1.78. The third-order valence-corrected chi connectivity index (χ3v) is 4.34. The van der Waals surface area contributed by atoms with E-state index in [1.807, 2.05) is 31.2 Å². The predicted molar refractivity (Wildman–Crippen MR) is 103 cm³/mol. The van der Waals surface area contributed by atoms with Crippen molar-refractivity contribution in [2.24, 2.45) is 0 Å². The number of aromatic hydroxyl groups is 1. The molecule has 3 aromatic rings. The molecule has 0 fully saturated rings. The van der Waals surface area contributed by atoms with E-state index in [0.717, 1.165) is 11.1 Å². The van der Waals surface area contributed by atoms with Gasteiger partial charge in [-0.3, -0.25) is 9.89 Å². The van der Waals surface area contributed by atoms with Crippen LogP contribution in [-0.2, 0) is 6.54 Å². The number of amides is 1. The number of phenols is 1. The Hall–Kier alpha value is -3.12. The van der Waals surface area contributed by atoms with Crippen LogP contribution >= 0.6 is 0 Å². The van der Waals surface area contributed by atoms with E-state index >= 15 is 0 Å². The molecule has 0 radical (unpaired) electrons. The number of hydrogen-bond donors (Lipinski definition) is 3. The van der Waals surface area contributed by atoms with Gasteiger partial charge in [0.25, 0.3) is 5.91 Å². The molecule has 1 heterocycles. The fraction of sp³-hybridized carbons (Fsp3) is 0.238. The number of phenolic OH excluding ortho intramolecular Hbond substituents is 1. The van der Waals surface area contributed by atoms with Crippen molar-refractivity contribution in [2.75, 3.05) is 13.2 Å². The molecule has 0 aliphatic heterocycles. The molecule has 0 atom stereocenters. The number of benzene rings is 2. The minimum Gasteiger partial charge on any atom is -0.508 e. The van der Waals surface area contributed by atoms with Gasteiger partial charge in [-0.05, 0) is 49.2 Å². The van der Waals surface area contributed by atoms with Gasteiger partial charge < -0.3 is 15.1 Å². The van der Waals surface area contributed by atoms with E-state index < -0.39 is 0 Å². The summed E-state index contributed by atoms with van der Waals surface area (Å²) in [6.45, 7) is 2.97. The molecule has 3 N–H and O–H groups in total. The monoisotopic (exact) mass is 365 g/mol. The summed E-state index contributed by atoms with van der Waals surface area (Å²) < 4.78 is 0. The highest BCUT2D eigenvalue weighted by atomic mass is 16.3. The molecule has 140 valence electrons. The molecule has 0 unspecified atom stereocenters. The summed E-state index contributed by atoms with van der Waals surface area (Å²) in [7, 11) is 0. The number of carbonyl (C=O) groups is 1. The van der Waals surface area contributed by atoms with Gasteiger partial charge in [0, 0.05) is 25.3 Å². The minimum atomic E-state index is -0.165. The molecule has 0 spiro atoms. The van der Waals surface area contributed by atoms with Gasteiger partial charge >= 0.3 is 0 Å². The van der Waals surface area contributed by atoms with Crippen molar-refractivity contribution in [3.8, 4) is 17.0 Å². The van der Waals surface area contributed by atoms with Crippen LogP contribution in [0.25, 0.3) is 11.3 Å². The molecule has 3 rings (SSSR count). The van der Waals surface area contributed by atoms with Crippen LogP contribution in [0.2, 0.25) is 0 Å². The molecule has 1 aromatic heterocycles. The van der Waals surface area contributed by atoms with E-state index in [2.05, 4.69) is 10.2 Å². The Bertz CT molecular complexity index is 886. The maximum absolute atomic E-state index is 13.0. The van der Waals surface area contributed by atoms with Crippen molar-refractivity contribution in [1.82, 2.24) is 15.1 Å². The van der Waals surface area contributed by atoms with E-state index in [1.165, 1.54) is 5.56 Å². The zero-order valence-corrected chi connectivity index (χ0v) is 15.2. The highest BCUT2D eigenvalue weighted by Gasteiger charge is 2.19. The molecule has 0 aliphatic rings. The minimum absolute atomic E-state index is 0.0272. The Labute approximate surface area is 158 Å². The van der Waals surface area contributed by atoms with Gasteiger partial charge in [-0.1, -0.05) is 29.8 Å². The first kappa shape index (κ1) is 18.7. The number of hydrogen-bond acceptors (Lipinski definition) is 4. The Morgan fingerprint density at radius 1 is 1.11 bits per heavy atom. The van der Waals surface area contributed by atoms with Gasteiger partial charge in [0.15, 0.2) is 0 Å². The van der Waals surface area contributed by atoms with Crippen LogP contribution in [-0.4, -0.2) is 44.4 Å². The lowest BCUT2D eigenvalue weighted by Gasteiger charge is -2.22. The predicted octanol–water partition coefficient (Wildman–Crippen LogP) is 3.12. The number of aromatic amines is 1. The lowest BCUT2D eigenvalue weighted by atomic mass is 10.1. The van der Waals surface area contributed by atoms with Crippen molar-refractivity contribution in [2.45, 2.75) is 19.9 Å². The summed E-state index contributed by atoms with van der Waals surface area (Å²) in [5.74, 6) is 0.0143. The number of rotatable bonds is 7. The van der Waals surface area contributed by atoms with E-state index in [0.29, 0.717) is 30.9 Å². The molecule has 6 heteroatoms. The fourth-order valence-electron chi connectivity index (χ4n) is 2.81. The van der Waals surface area contributed by atoms with E-state index in [-0.39, 0.29) is 18.3 Å². The smallest absolute Gasteiger partial charge is 0.272 e. The van der Waals surface area contributed by atoms with Crippen LogP contribution in [0.1, 0.15) is 28.0 Å². The second-order valence-electron chi connectivity index (χ2n) is 6.50. The number of nitrogens with zero attached hydrogens (tertiary/aromatic N) is 2. The highest BCUT2D eigenvalue weighted by Crippen LogP contribution is 2.21. The average Bonchev–Trinajstić information content (AvgIpc) is 3.17. The summed E-state index contributed by atoms with van der Waals surface area (Å²) in [5, 5.41) is 25.6. The van der Waals surface area contributed by atoms with Gasteiger partial charge in [-0.2, -0.15) is 5.10 Å². The van der Waals surface area contributed by atoms with E-state index in [4.69, 9.17) is 5.11 Å². The Kier molecular flexibility index (Phi) is 5.88. The number of carbonyl (C=O) groups excluding carboxylic acids is 1. The van der Waals surface area contributed by atoms with Crippen LogP contribution in [0.4, 0.5) is 0 Å². The number of H-pyrrole nitrogens is 1. The molecule has 0 saturated heterocycles. The molecular formula is C21H23N3O3. The van der Waals surface area contributed by atoms with Crippen LogP contribution in [0, 0.1) is 6.92 Å². The van der Waals surface area contributed by atoms with Crippen molar-refractivity contribution in [1.29, 1.82) is 0 Å². The lowest BCUT2D eigenvalue weighted by molar-refractivity contribution is 0.0726. The van der Waals surface area contributed by atoms with Crippen LogP contribution in [0.15, 0.2) is 54.6 Å². The SMILES string of the molecule is Cc1ccc(CN(CCCO)C(=O)c2cc(-c3ccc(O)cc3)n[nH]2)cc1. The van der Waals surface area contributed by atoms with Crippen molar-refractivity contribution in [3.63, 3.8) is 0 Å². The zero-order chi connectivity index (χ0) is 19.2. The first-order valence-electron chi connectivity index (χ1n) is 8.87. The standard InChI is InChI=1S/C21H23N3O3/c1-15-3-5-16(6-4-15)14-24(11-2-12-25)21(27)20-13-19(22-23-20)17-7-9-18(26)10-8-17/h3-10,13,25-26H,2,11-12,14H2,1H3,(H,22,23). The van der Waals surface area contributed by atoms with Crippen molar-refractivity contribution < 1.29 is 15.0 Å². The first-order valence-corrected chi connectivity index (χ1v) is 8.87. The largest absolute Gasteiger partial charge is 0.508 e. The summed E-state index contributed by atoms with van der Waals surface area (Å²) >= 11 is 0. The third-order valence-electron chi connectivity index (χ3n) is 4.34. The van der Waals surface area contributed by atoms with Crippen LogP contribution in [0.5, 0.6) is 5.75 Å². The zero-order valence-electron chi connectivity index (χ0n) is 15.2. The van der Waals surface area contributed by atoms with Gasteiger partial charge in [0.05, 0.1) is 5.69 Å². The number of aliphatic hydroxyl groups is 1. The maximum Gasteiger partial charge on any atom is 0.272 e. The Morgan fingerprint density at radius 3 is 2.48 bits per heavy atom. The second kappa shape index (κ2) is 8.51. The van der Waals surface area contributed by atoms with Crippen molar-refractivity contribution in [3.05, 3.63) is 71.4 Å². The molecule has 6 nitrogen and oxygen atoms in total. The van der Waals surface area contributed by atoms with Crippen LogP contribution in [0.3, 0.4) is 0 Å². The van der Waals surface area contributed by atoms with E-state index in [9.17, 15) is 9.90 Å². The number of nitrogens with one attached hydrogen (secondary N) is 1. The summed E-state index contributed by atoms with van der Waals surface area (Å²) in [5.41, 5.74) is 4.03. The highest BCUT2D eigenvalue weighted by molar-refractivity contribution is 5.93. The molecule has 2 aromatic carbocycles. The normalized spacial score (nSPS) is 10.7. The van der Waals surface area contributed by atoms with Gasteiger partial charge in [-0.15, -0.1) is 0 Å². The molecular weight excluding hydrogens is 342 g/mol. The third kappa shape index (κ3) is 4.74. The topological polar surface area (TPSA) is 89.4 Å². The summed E-state index contributed by atoms with van der Waals surface area (Å²) in [6, 6.07) is 16.4. The molecule has 1 amide bonds. The number of aliphatic hydroxyl groups excluding tert-OH is 1. The maximum atomic E-state index is 13.0. The van der Waals surface area contributed by atoms with Crippen molar-refractivity contribution >= 4 is 5.91 Å². The van der Waals surface area contributed by atoms with Gasteiger partial charge in [0.1, 0.15) is 11.4 Å². The van der Waals surface area contributed by atoms with Crippen LogP contribution < -0.4 is 0 Å². The summed E-state index contributed by atoms with van der Waals surface area (Å²) in [4.78, 5) is 14.7. The van der Waals surface area contributed by atoms with E-state index in [1.54, 1.807) is 35.2 Å². The first-order chi connectivity index (χ1) is 13.1. The molecule has 0 bridgehead atoms. The molecule has 0 aliphatic carbocycles. The molecule has 27 heavy (non-hydrogen) atoms. The molecule has 0 saturated carbocycles. The lowest BCUT2D eigenvalue weighted by Crippen LogP contribution is -2.32. The number of aromatic nitrogens is 2. The second-order valence-corrected chi connectivity index (χ2v) is 6.50. The van der Waals surface area contributed by atoms with Gasteiger partial charge in [-0.25, -0.2) is 0 Å². The number of aryl methyl sites for hydroxylation is 1. The summed E-state index contributed by atoms with van der Waals surface area (Å²) in [6.07, 6.45) is 0.510.